The molecule has 0 bridgehead atoms. The number of hydrogen-bond donors (Lipinski definition) is 2. The highest BCUT2D eigenvalue weighted by atomic mass is 19.1. The first-order chi connectivity index (χ1) is 18.2. The number of benzene rings is 2. The van der Waals surface area contributed by atoms with E-state index in [1.807, 2.05) is 18.7 Å². The van der Waals surface area contributed by atoms with E-state index in [2.05, 4.69) is 10.6 Å². The van der Waals surface area contributed by atoms with Crippen LogP contribution in [0.5, 0.6) is 5.75 Å². The molecule has 4 amide bonds. The third-order valence-electron chi connectivity index (χ3n) is 6.99. The Hall–Kier alpha value is -3.66. The van der Waals surface area contributed by atoms with Gasteiger partial charge >= 0.3 is 6.03 Å². The fourth-order valence-corrected chi connectivity index (χ4v) is 4.59. The van der Waals surface area contributed by atoms with Crippen molar-refractivity contribution in [1.29, 1.82) is 0 Å². The van der Waals surface area contributed by atoms with Gasteiger partial charge in [-0.15, -0.1) is 0 Å². The van der Waals surface area contributed by atoms with Crippen molar-refractivity contribution in [3.8, 4) is 5.75 Å². The average Bonchev–Trinajstić information content (AvgIpc) is 3.73. The minimum Gasteiger partial charge on any atom is -0.491 e. The molecular weight excluding hydrogens is 491 g/mol. The number of halogens is 1. The van der Waals surface area contributed by atoms with Gasteiger partial charge in [0.2, 0.25) is 5.91 Å². The van der Waals surface area contributed by atoms with E-state index in [0.29, 0.717) is 30.2 Å². The monoisotopic (exact) mass is 526 g/mol. The minimum absolute atomic E-state index is 0.0150. The van der Waals surface area contributed by atoms with Crippen LogP contribution in [0.4, 0.5) is 20.6 Å². The Balaban J connectivity index is 1.58. The molecule has 2 aromatic carbocycles. The molecule has 204 valence electrons. The second kappa shape index (κ2) is 11.8. The number of likely N-dealkylation sites (N-methyl/N-ethyl adjacent to an activating group) is 1. The summed E-state index contributed by atoms with van der Waals surface area (Å²) in [6.07, 6.45) is 1.54. The molecule has 0 saturated heterocycles. The number of fused-ring (bicyclic) bond motifs is 1. The smallest absolute Gasteiger partial charge is 0.323 e. The number of nitrogens with one attached hydrogen (secondary N) is 2. The standard InChI is InChI=1S/C28H35FN4O5/c1-17-14-33(26(34)19-8-9-19)18(2)16-38-24-11-10-22(13-23(24)27(35)32(3)15-25(17)37-4)31-28(36)30-21-7-5-6-20(29)12-21/h5-7,10-13,17-19,25H,8-9,14-16H2,1-4H3,(H2,30,31,36)/t17-,18-,25+/m0/s1. The van der Waals surface area contributed by atoms with Crippen LogP contribution in [0.3, 0.4) is 0 Å². The number of hydrogen-bond acceptors (Lipinski definition) is 5. The van der Waals surface area contributed by atoms with Gasteiger partial charge in [0.05, 0.1) is 17.7 Å². The van der Waals surface area contributed by atoms with Crippen molar-refractivity contribution in [2.24, 2.45) is 11.8 Å². The third-order valence-corrected chi connectivity index (χ3v) is 6.99. The molecule has 3 atom stereocenters. The van der Waals surface area contributed by atoms with Crippen molar-refractivity contribution < 1.29 is 28.2 Å². The molecule has 2 N–H and O–H groups in total. The summed E-state index contributed by atoms with van der Waals surface area (Å²) in [4.78, 5) is 42.5. The first-order valence-corrected chi connectivity index (χ1v) is 12.9. The Morgan fingerprint density at radius 2 is 1.76 bits per heavy atom. The van der Waals surface area contributed by atoms with Crippen molar-refractivity contribution >= 4 is 29.2 Å². The molecule has 0 radical (unpaired) electrons. The number of methoxy groups -OCH3 is 1. The van der Waals surface area contributed by atoms with Crippen molar-refractivity contribution in [3.05, 3.63) is 53.8 Å². The lowest BCUT2D eigenvalue weighted by Gasteiger charge is -2.36. The lowest BCUT2D eigenvalue weighted by atomic mass is 10.0. The van der Waals surface area contributed by atoms with Crippen LogP contribution in [-0.4, -0.2) is 73.6 Å². The van der Waals surface area contributed by atoms with Gasteiger partial charge in [-0.1, -0.05) is 13.0 Å². The molecule has 9 nitrogen and oxygen atoms in total. The normalized spacial score (nSPS) is 22.4. The summed E-state index contributed by atoms with van der Waals surface area (Å²) in [6.45, 7) is 5.00. The SMILES string of the molecule is CO[C@@H]1CN(C)C(=O)c2cc(NC(=O)Nc3cccc(F)c3)ccc2OC[C@H](C)N(C(=O)C2CC2)C[C@@H]1C. The largest absolute Gasteiger partial charge is 0.491 e. The Morgan fingerprint density at radius 1 is 1.05 bits per heavy atom. The summed E-state index contributed by atoms with van der Waals surface area (Å²) in [7, 11) is 3.29. The fraction of sp³-hybridized carbons (Fsp3) is 0.464. The van der Waals surface area contributed by atoms with Gasteiger partial charge in [0.1, 0.15) is 18.2 Å². The van der Waals surface area contributed by atoms with Crippen LogP contribution in [0.15, 0.2) is 42.5 Å². The summed E-state index contributed by atoms with van der Waals surface area (Å²) in [5, 5.41) is 5.25. The van der Waals surface area contributed by atoms with E-state index in [1.165, 1.54) is 18.2 Å². The van der Waals surface area contributed by atoms with Crippen LogP contribution in [0, 0.1) is 17.7 Å². The summed E-state index contributed by atoms with van der Waals surface area (Å²) in [5.74, 6) is -0.216. The molecule has 4 rings (SSSR count). The lowest BCUT2D eigenvalue weighted by Crippen LogP contribution is -2.49. The maximum atomic E-state index is 13.5. The van der Waals surface area contributed by atoms with Crippen molar-refractivity contribution in [2.45, 2.75) is 38.8 Å². The maximum absolute atomic E-state index is 13.5. The van der Waals surface area contributed by atoms with Gasteiger partial charge in [-0.2, -0.15) is 0 Å². The van der Waals surface area contributed by atoms with Gasteiger partial charge < -0.3 is 29.9 Å². The molecule has 2 aromatic rings. The second-order valence-corrected chi connectivity index (χ2v) is 10.2. The minimum atomic E-state index is -0.582. The fourth-order valence-electron chi connectivity index (χ4n) is 4.59. The zero-order chi connectivity index (χ0) is 27.4. The number of carbonyl (C=O) groups excluding carboxylic acids is 3. The summed E-state index contributed by atoms with van der Waals surface area (Å²) < 4.78 is 25.3. The molecule has 1 heterocycles. The average molecular weight is 527 g/mol. The van der Waals surface area contributed by atoms with E-state index in [9.17, 15) is 18.8 Å². The molecule has 10 heteroatoms. The number of amides is 4. The highest BCUT2D eigenvalue weighted by Gasteiger charge is 2.37. The summed E-state index contributed by atoms with van der Waals surface area (Å²) in [5.41, 5.74) is 0.934. The number of ether oxygens (including phenoxy) is 2. The number of urea groups is 1. The van der Waals surface area contributed by atoms with Crippen LogP contribution in [0.25, 0.3) is 0 Å². The van der Waals surface area contributed by atoms with Crippen LogP contribution in [0.2, 0.25) is 0 Å². The van der Waals surface area contributed by atoms with E-state index in [4.69, 9.17) is 9.47 Å². The predicted octanol–water partition coefficient (Wildman–Crippen LogP) is 4.21. The van der Waals surface area contributed by atoms with Crippen molar-refractivity contribution in [3.63, 3.8) is 0 Å². The van der Waals surface area contributed by atoms with E-state index in [1.54, 1.807) is 43.3 Å². The molecule has 1 aliphatic carbocycles. The van der Waals surface area contributed by atoms with Crippen LogP contribution in [0.1, 0.15) is 37.0 Å². The van der Waals surface area contributed by atoms with Crippen LogP contribution >= 0.6 is 0 Å². The first-order valence-electron chi connectivity index (χ1n) is 12.9. The molecule has 1 aliphatic heterocycles. The van der Waals surface area contributed by atoms with Gasteiger partial charge in [-0.05, 0) is 56.2 Å². The van der Waals surface area contributed by atoms with Gasteiger partial charge in [0, 0.05) is 50.5 Å². The number of nitrogens with zero attached hydrogens (tertiary/aromatic N) is 2. The highest BCUT2D eigenvalue weighted by Crippen LogP contribution is 2.33. The molecule has 1 saturated carbocycles. The van der Waals surface area contributed by atoms with Gasteiger partial charge in [-0.3, -0.25) is 9.59 Å². The molecule has 1 fully saturated rings. The Labute approximate surface area is 222 Å². The lowest BCUT2D eigenvalue weighted by molar-refractivity contribution is -0.136. The molecule has 2 aliphatic rings. The van der Waals surface area contributed by atoms with Gasteiger partial charge in [0.15, 0.2) is 0 Å². The van der Waals surface area contributed by atoms with E-state index < -0.39 is 11.8 Å². The summed E-state index contributed by atoms with van der Waals surface area (Å²) >= 11 is 0. The van der Waals surface area contributed by atoms with Gasteiger partial charge in [0.25, 0.3) is 5.91 Å². The zero-order valence-electron chi connectivity index (χ0n) is 22.2. The number of carbonyl (C=O) groups is 3. The molecular formula is C28H35FN4O5. The summed E-state index contributed by atoms with van der Waals surface area (Å²) in [6, 6.07) is 9.56. The van der Waals surface area contributed by atoms with Crippen LogP contribution < -0.4 is 15.4 Å². The van der Waals surface area contributed by atoms with Crippen molar-refractivity contribution in [1.82, 2.24) is 9.80 Å². The Kier molecular flexibility index (Phi) is 8.51. The first kappa shape index (κ1) is 27.4. The molecule has 38 heavy (non-hydrogen) atoms. The number of anilines is 2. The zero-order valence-corrected chi connectivity index (χ0v) is 22.2. The maximum Gasteiger partial charge on any atom is 0.323 e. The molecule has 0 aromatic heterocycles. The highest BCUT2D eigenvalue weighted by molar-refractivity contribution is 6.02. The number of rotatable bonds is 4. The second-order valence-electron chi connectivity index (χ2n) is 10.2. The van der Waals surface area contributed by atoms with E-state index in [0.717, 1.165) is 12.8 Å². The van der Waals surface area contributed by atoms with E-state index in [-0.39, 0.29) is 48.0 Å². The molecule has 0 unspecified atom stereocenters. The molecule has 0 spiro atoms. The van der Waals surface area contributed by atoms with Crippen molar-refractivity contribution in [2.75, 3.05) is 44.5 Å². The Bertz CT molecular complexity index is 1190. The third kappa shape index (κ3) is 6.61. The van der Waals surface area contributed by atoms with Gasteiger partial charge in [-0.25, -0.2) is 9.18 Å². The predicted molar refractivity (Wildman–Crippen MR) is 142 cm³/mol. The van der Waals surface area contributed by atoms with Crippen LogP contribution in [-0.2, 0) is 9.53 Å². The topological polar surface area (TPSA) is 100 Å². The Morgan fingerprint density at radius 3 is 2.42 bits per heavy atom. The van der Waals surface area contributed by atoms with E-state index >= 15 is 0 Å². The quantitative estimate of drug-likeness (QED) is 0.622.